The molecule has 1 N–H and O–H groups in total. The Morgan fingerprint density at radius 3 is 2.59 bits per heavy atom. The van der Waals surface area contributed by atoms with Crippen molar-refractivity contribution < 1.29 is 23.5 Å². The number of β-amino-alcohol motifs (C(OH)–C–C–N with tert-alkyl or cyclic N) is 1. The van der Waals surface area contributed by atoms with Gasteiger partial charge in [-0.3, -0.25) is 9.59 Å². The highest BCUT2D eigenvalue weighted by Gasteiger charge is 2.43. The summed E-state index contributed by atoms with van der Waals surface area (Å²) in [5.74, 6) is -3.78. The molecule has 1 aliphatic heterocycles. The Balaban J connectivity index is 1.85. The highest BCUT2D eigenvalue weighted by molar-refractivity contribution is 6.29. The lowest BCUT2D eigenvalue weighted by Gasteiger charge is -2.18. The third-order valence-corrected chi connectivity index (χ3v) is 5.36. The van der Waals surface area contributed by atoms with Gasteiger partial charge in [0.05, 0.1) is 12.5 Å². The lowest BCUT2D eigenvalue weighted by molar-refractivity contribution is -0.134. The highest BCUT2D eigenvalue weighted by atomic mass is 35.5. The number of aryl methyl sites for hydroxylation is 1. The zero-order chi connectivity index (χ0) is 21.1. The summed E-state index contributed by atoms with van der Waals surface area (Å²) < 4.78 is 29.1. The number of hydrogen-bond donors (Lipinski definition) is 1. The molecular formula is C21H21ClF2N2O3. The van der Waals surface area contributed by atoms with Gasteiger partial charge in [-0.1, -0.05) is 17.7 Å². The van der Waals surface area contributed by atoms with Crippen molar-refractivity contribution in [1.82, 2.24) is 9.88 Å². The van der Waals surface area contributed by atoms with E-state index in [0.717, 1.165) is 0 Å². The number of aliphatic hydroxyl groups is 1. The number of pyridine rings is 1. The van der Waals surface area contributed by atoms with Gasteiger partial charge in [0.25, 0.3) is 0 Å². The van der Waals surface area contributed by atoms with Crippen LogP contribution in [-0.2, 0) is 16.0 Å². The summed E-state index contributed by atoms with van der Waals surface area (Å²) in [5.41, 5.74) is 0.889. The minimum absolute atomic E-state index is 0.0412. The van der Waals surface area contributed by atoms with Gasteiger partial charge in [-0.15, -0.1) is 0 Å². The topological polar surface area (TPSA) is 70.5 Å². The van der Waals surface area contributed by atoms with Gasteiger partial charge < -0.3 is 10.0 Å². The molecule has 0 unspecified atom stereocenters. The summed E-state index contributed by atoms with van der Waals surface area (Å²) in [6, 6.07) is 5.66. The van der Waals surface area contributed by atoms with Crippen LogP contribution in [-0.4, -0.2) is 46.4 Å². The summed E-state index contributed by atoms with van der Waals surface area (Å²) in [6.07, 6.45) is 1.37. The van der Waals surface area contributed by atoms with Crippen molar-refractivity contribution in [1.29, 1.82) is 0 Å². The molecule has 2 aromatic rings. The van der Waals surface area contributed by atoms with Crippen LogP contribution in [0.5, 0.6) is 0 Å². The smallest absolute Gasteiger partial charge is 0.226 e. The third-order valence-electron chi connectivity index (χ3n) is 5.13. The van der Waals surface area contributed by atoms with E-state index in [1.54, 1.807) is 19.1 Å². The van der Waals surface area contributed by atoms with Gasteiger partial charge in [0, 0.05) is 43.6 Å². The van der Waals surface area contributed by atoms with E-state index < -0.39 is 23.5 Å². The predicted octanol–water partition coefficient (Wildman–Crippen LogP) is 3.06. The van der Waals surface area contributed by atoms with Crippen LogP contribution >= 0.6 is 11.6 Å². The molecule has 0 bridgehead atoms. The zero-order valence-electron chi connectivity index (χ0n) is 15.9. The number of halogens is 3. The van der Waals surface area contributed by atoms with Crippen molar-refractivity contribution in [2.45, 2.75) is 25.7 Å². The van der Waals surface area contributed by atoms with Crippen LogP contribution in [0.1, 0.15) is 29.0 Å². The first kappa shape index (κ1) is 21.3. The summed E-state index contributed by atoms with van der Waals surface area (Å²) in [4.78, 5) is 30.7. The summed E-state index contributed by atoms with van der Waals surface area (Å²) in [6.45, 7) is 1.41. The van der Waals surface area contributed by atoms with Gasteiger partial charge >= 0.3 is 0 Å². The minimum atomic E-state index is -0.888. The van der Waals surface area contributed by atoms with E-state index in [4.69, 9.17) is 11.6 Å². The molecule has 0 saturated carbocycles. The molecule has 0 aliphatic carbocycles. The molecule has 8 heteroatoms. The number of likely N-dealkylation sites (tertiary alicyclic amines) is 1. The third kappa shape index (κ3) is 4.79. The number of hydrogen-bond acceptors (Lipinski definition) is 4. The largest absolute Gasteiger partial charge is 0.395 e. The maximum absolute atomic E-state index is 14.6. The molecule has 0 spiro atoms. The second kappa shape index (κ2) is 8.97. The molecule has 29 heavy (non-hydrogen) atoms. The maximum Gasteiger partial charge on any atom is 0.226 e. The quantitative estimate of drug-likeness (QED) is 0.696. The number of benzene rings is 1. The summed E-state index contributed by atoms with van der Waals surface area (Å²) in [7, 11) is 0. The molecule has 1 aliphatic rings. The van der Waals surface area contributed by atoms with Gasteiger partial charge in [-0.2, -0.15) is 0 Å². The molecule has 3 rings (SSSR count). The van der Waals surface area contributed by atoms with E-state index in [-0.39, 0.29) is 49.8 Å². The summed E-state index contributed by atoms with van der Waals surface area (Å²) >= 11 is 5.74. The molecular weight excluding hydrogens is 402 g/mol. The molecule has 2 atom stereocenters. The minimum Gasteiger partial charge on any atom is -0.395 e. The van der Waals surface area contributed by atoms with Gasteiger partial charge in [0.15, 0.2) is 0 Å². The van der Waals surface area contributed by atoms with Crippen LogP contribution in [0.3, 0.4) is 0 Å². The molecule has 1 saturated heterocycles. The SMILES string of the molecule is Cc1cc(F)c([C@@H]2CN(CCO)C(=O)[C@H]2CC(=O)Cc2ccc(Cl)nc2)c(F)c1. The number of aliphatic hydroxyl groups excluding tert-OH is 1. The second-order valence-electron chi connectivity index (χ2n) is 7.27. The monoisotopic (exact) mass is 422 g/mol. The number of amides is 1. The fraction of sp³-hybridized carbons (Fsp3) is 0.381. The van der Waals surface area contributed by atoms with Gasteiger partial charge in [0.2, 0.25) is 5.91 Å². The first-order chi connectivity index (χ1) is 13.8. The molecule has 5 nitrogen and oxygen atoms in total. The van der Waals surface area contributed by atoms with E-state index in [9.17, 15) is 23.5 Å². The van der Waals surface area contributed by atoms with Crippen molar-refractivity contribution in [2.75, 3.05) is 19.7 Å². The van der Waals surface area contributed by atoms with Crippen LogP contribution in [0, 0.1) is 24.5 Å². The van der Waals surface area contributed by atoms with E-state index in [2.05, 4.69) is 4.98 Å². The average Bonchev–Trinajstić information content (AvgIpc) is 2.93. The molecule has 1 amide bonds. The van der Waals surface area contributed by atoms with Gasteiger partial charge in [-0.25, -0.2) is 13.8 Å². The maximum atomic E-state index is 14.6. The Bertz CT molecular complexity index is 898. The molecule has 1 aromatic heterocycles. The number of rotatable bonds is 7. The Morgan fingerprint density at radius 1 is 1.31 bits per heavy atom. The predicted molar refractivity (Wildman–Crippen MR) is 104 cm³/mol. The zero-order valence-corrected chi connectivity index (χ0v) is 16.6. The van der Waals surface area contributed by atoms with Crippen LogP contribution in [0.15, 0.2) is 30.5 Å². The van der Waals surface area contributed by atoms with E-state index in [0.29, 0.717) is 16.3 Å². The van der Waals surface area contributed by atoms with E-state index >= 15 is 0 Å². The highest BCUT2D eigenvalue weighted by Crippen LogP contribution is 2.38. The lowest BCUT2D eigenvalue weighted by atomic mass is 9.83. The Labute approximate surface area is 172 Å². The Hall–Kier alpha value is -2.38. The van der Waals surface area contributed by atoms with Crippen molar-refractivity contribution in [3.8, 4) is 0 Å². The van der Waals surface area contributed by atoms with Crippen LogP contribution in [0.25, 0.3) is 0 Å². The van der Waals surface area contributed by atoms with Crippen LogP contribution in [0.2, 0.25) is 5.15 Å². The number of Topliss-reactive ketones (excluding diaryl/α,β-unsaturated/α-hetero) is 1. The van der Waals surface area contributed by atoms with Crippen molar-refractivity contribution in [3.63, 3.8) is 0 Å². The van der Waals surface area contributed by atoms with Crippen molar-refractivity contribution >= 4 is 23.3 Å². The van der Waals surface area contributed by atoms with Crippen LogP contribution in [0.4, 0.5) is 8.78 Å². The average molecular weight is 423 g/mol. The molecule has 0 radical (unpaired) electrons. The summed E-state index contributed by atoms with van der Waals surface area (Å²) in [5, 5.41) is 9.51. The fourth-order valence-corrected chi connectivity index (χ4v) is 3.94. The van der Waals surface area contributed by atoms with Gasteiger partial charge in [-0.05, 0) is 36.2 Å². The standard InChI is InChI=1S/C21H21ClF2N2O3/c1-12-6-17(23)20(18(24)7-12)16-11-26(4-5-27)21(29)15(16)9-14(28)8-13-2-3-19(22)25-10-13/h2-3,6-7,10,15-16,27H,4-5,8-9,11H2,1H3/t15-,16+/m0/s1. The Morgan fingerprint density at radius 2 is 2.00 bits per heavy atom. The Kier molecular flexibility index (Phi) is 6.59. The number of nitrogens with zero attached hydrogens (tertiary/aromatic N) is 2. The lowest BCUT2D eigenvalue weighted by Crippen LogP contribution is -2.30. The number of carbonyl (C=O) groups is 2. The van der Waals surface area contributed by atoms with E-state index in [1.165, 1.54) is 23.2 Å². The fourth-order valence-electron chi connectivity index (χ4n) is 3.83. The molecule has 1 fully saturated rings. The number of aromatic nitrogens is 1. The normalized spacial score (nSPS) is 19.1. The number of ketones is 1. The van der Waals surface area contributed by atoms with Crippen molar-refractivity contribution in [3.05, 3.63) is 63.9 Å². The first-order valence-electron chi connectivity index (χ1n) is 9.27. The molecule has 154 valence electrons. The second-order valence-corrected chi connectivity index (χ2v) is 7.66. The van der Waals surface area contributed by atoms with Gasteiger partial charge in [0.1, 0.15) is 22.6 Å². The first-order valence-corrected chi connectivity index (χ1v) is 9.65. The van der Waals surface area contributed by atoms with E-state index in [1.807, 2.05) is 0 Å². The molecule has 2 heterocycles. The van der Waals surface area contributed by atoms with Crippen molar-refractivity contribution in [2.24, 2.45) is 5.92 Å². The number of carbonyl (C=O) groups excluding carboxylic acids is 2. The van der Waals surface area contributed by atoms with Crippen LogP contribution < -0.4 is 0 Å². The molecule has 1 aromatic carbocycles.